The summed E-state index contributed by atoms with van der Waals surface area (Å²) in [6.45, 7) is 5.48. The molecule has 0 heterocycles. The minimum Gasteiger partial charge on any atom is -0.409 e. The van der Waals surface area contributed by atoms with Gasteiger partial charge in [-0.2, -0.15) is 0 Å². The fourth-order valence-corrected chi connectivity index (χ4v) is 2.00. The Bertz CT molecular complexity index is 224. The van der Waals surface area contributed by atoms with Gasteiger partial charge in [-0.3, -0.25) is 0 Å². The van der Waals surface area contributed by atoms with Gasteiger partial charge in [0, 0.05) is 19.0 Å². The van der Waals surface area contributed by atoms with Gasteiger partial charge in [0.15, 0.2) is 0 Å². The van der Waals surface area contributed by atoms with Crippen molar-refractivity contribution in [2.24, 2.45) is 16.3 Å². The number of nitrogens with zero attached hydrogens (tertiary/aromatic N) is 1. The van der Waals surface area contributed by atoms with Crippen LogP contribution in [0.5, 0.6) is 0 Å². The van der Waals surface area contributed by atoms with E-state index >= 15 is 0 Å². The van der Waals surface area contributed by atoms with Crippen LogP contribution in [0.4, 0.5) is 0 Å². The van der Waals surface area contributed by atoms with Crippen molar-refractivity contribution in [3.63, 3.8) is 0 Å². The monoisotopic (exact) mass is 213 g/mol. The van der Waals surface area contributed by atoms with E-state index in [1.165, 1.54) is 19.3 Å². The highest BCUT2D eigenvalue weighted by atomic mass is 16.4. The second-order valence-corrected chi connectivity index (χ2v) is 4.95. The van der Waals surface area contributed by atoms with Gasteiger partial charge in [0.1, 0.15) is 5.84 Å². The molecule has 0 aromatic heterocycles. The minimum atomic E-state index is 0.313. The van der Waals surface area contributed by atoms with E-state index in [0.29, 0.717) is 23.7 Å². The van der Waals surface area contributed by atoms with Crippen LogP contribution in [0.3, 0.4) is 0 Å². The summed E-state index contributed by atoms with van der Waals surface area (Å²) in [6, 6.07) is 0.332. The standard InChI is InChI=1S/C11H23N3O/c1-3-9(7-10(12)14-15)13-8-11(2)5-4-6-11/h9,13,15H,3-8H2,1-2H3,(H2,12,14). The van der Waals surface area contributed by atoms with Crippen LogP contribution in [-0.4, -0.2) is 23.6 Å². The molecule has 1 aliphatic carbocycles. The Morgan fingerprint density at radius 1 is 1.60 bits per heavy atom. The third-order valence-electron chi connectivity index (χ3n) is 3.45. The number of hydrogen-bond acceptors (Lipinski definition) is 3. The van der Waals surface area contributed by atoms with Gasteiger partial charge < -0.3 is 16.3 Å². The van der Waals surface area contributed by atoms with Gasteiger partial charge in [-0.25, -0.2) is 0 Å². The van der Waals surface area contributed by atoms with E-state index in [-0.39, 0.29) is 0 Å². The van der Waals surface area contributed by atoms with Crippen LogP contribution in [-0.2, 0) is 0 Å². The van der Waals surface area contributed by atoms with E-state index in [9.17, 15) is 0 Å². The first-order chi connectivity index (χ1) is 7.09. The number of oxime groups is 1. The summed E-state index contributed by atoms with van der Waals surface area (Å²) in [6.07, 6.45) is 5.63. The van der Waals surface area contributed by atoms with Crippen molar-refractivity contribution < 1.29 is 5.21 Å². The SMILES string of the molecule is CCC(CC(N)=NO)NCC1(C)CCC1. The molecule has 0 amide bonds. The molecule has 0 spiro atoms. The maximum absolute atomic E-state index is 8.50. The maximum atomic E-state index is 8.50. The van der Waals surface area contributed by atoms with Crippen molar-refractivity contribution in [1.82, 2.24) is 5.32 Å². The third kappa shape index (κ3) is 3.70. The lowest BCUT2D eigenvalue weighted by atomic mass is 9.70. The number of nitrogens with one attached hydrogen (secondary N) is 1. The molecule has 4 N–H and O–H groups in total. The predicted octanol–water partition coefficient (Wildman–Crippen LogP) is 1.68. The van der Waals surface area contributed by atoms with Crippen LogP contribution in [0.25, 0.3) is 0 Å². The molecule has 1 saturated carbocycles. The predicted molar refractivity (Wildman–Crippen MR) is 62.1 cm³/mol. The van der Waals surface area contributed by atoms with Gasteiger partial charge in [-0.1, -0.05) is 25.4 Å². The smallest absolute Gasteiger partial charge is 0.140 e. The zero-order valence-electron chi connectivity index (χ0n) is 9.79. The van der Waals surface area contributed by atoms with Crippen molar-refractivity contribution in [3.8, 4) is 0 Å². The Morgan fingerprint density at radius 3 is 2.67 bits per heavy atom. The Labute approximate surface area is 91.9 Å². The average Bonchev–Trinajstić information content (AvgIpc) is 2.21. The quantitative estimate of drug-likeness (QED) is 0.272. The molecule has 4 heteroatoms. The molecule has 1 rings (SSSR count). The van der Waals surface area contributed by atoms with Crippen molar-refractivity contribution in [1.29, 1.82) is 0 Å². The van der Waals surface area contributed by atoms with E-state index in [1.807, 2.05) is 0 Å². The zero-order chi connectivity index (χ0) is 11.3. The van der Waals surface area contributed by atoms with E-state index in [4.69, 9.17) is 10.9 Å². The Kier molecular flexibility index (Phi) is 4.39. The molecule has 1 aliphatic rings. The number of nitrogens with two attached hydrogens (primary N) is 1. The summed E-state index contributed by atoms with van der Waals surface area (Å²) in [5, 5.41) is 15.0. The molecule has 0 saturated heterocycles. The first kappa shape index (κ1) is 12.3. The summed E-state index contributed by atoms with van der Waals surface area (Å²) in [7, 11) is 0. The molecule has 1 unspecified atom stereocenters. The largest absolute Gasteiger partial charge is 0.409 e. The minimum absolute atomic E-state index is 0.313. The van der Waals surface area contributed by atoms with E-state index in [1.54, 1.807) is 0 Å². The number of rotatable bonds is 6. The van der Waals surface area contributed by atoms with Gasteiger partial charge in [-0.05, 0) is 24.7 Å². The highest BCUT2D eigenvalue weighted by molar-refractivity contribution is 5.80. The second kappa shape index (κ2) is 5.35. The molecule has 15 heavy (non-hydrogen) atoms. The summed E-state index contributed by atoms with van der Waals surface area (Å²) >= 11 is 0. The number of amidine groups is 1. The number of hydrogen-bond donors (Lipinski definition) is 3. The highest BCUT2D eigenvalue weighted by Crippen LogP contribution is 2.39. The summed E-state index contributed by atoms with van der Waals surface area (Å²) in [4.78, 5) is 0. The highest BCUT2D eigenvalue weighted by Gasteiger charge is 2.31. The third-order valence-corrected chi connectivity index (χ3v) is 3.45. The van der Waals surface area contributed by atoms with Gasteiger partial charge in [0.05, 0.1) is 0 Å². The van der Waals surface area contributed by atoms with Crippen LogP contribution in [0.2, 0.25) is 0 Å². The van der Waals surface area contributed by atoms with Crippen LogP contribution < -0.4 is 11.1 Å². The molecule has 88 valence electrons. The Hall–Kier alpha value is -0.770. The molecule has 1 atom stereocenters. The van der Waals surface area contributed by atoms with E-state index in [2.05, 4.69) is 24.3 Å². The maximum Gasteiger partial charge on any atom is 0.140 e. The summed E-state index contributed by atoms with van der Waals surface area (Å²) in [5.74, 6) is 0.313. The lowest BCUT2D eigenvalue weighted by Crippen LogP contribution is -2.43. The zero-order valence-corrected chi connectivity index (χ0v) is 9.79. The molecule has 0 aromatic rings. The van der Waals surface area contributed by atoms with Crippen molar-refractivity contribution >= 4 is 5.84 Å². The van der Waals surface area contributed by atoms with Gasteiger partial charge in [0.2, 0.25) is 0 Å². The van der Waals surface area contributed by atoms with Gasteiger partial charge in [0.25, 0.3) is 0 Å². The molecule has 4 nitrogen and oxygen atoms in total. The van der Waals surface area contributed by atoms with Crippen LogP contribution in [0.15, 0.2) is 5.16 Å². The summed E-state index contributed by atoms with van der Waals surface area (Å²) in [5.41, 5.74) is 5.98. The molecule has 1 fully saturated rings. The molecule has 0 aliphatic heterocycles. The van der Waals surface area contributed by atoms with Crippen LogP contribution >= 0.6 is 0 Å². The lowest BCUT2D eigenvalue weighted by molar-refractivity contribution is 0.150. The topological polar surface area (TPSA) is 70.6 Å². The fourth-order valence-electron chi connectivity index (χ4n) is 2.00. The summed E-state index contributed by atoms with van der Waals surface area (Å²) < 4.78 is 0. The van der Waals surface area contributed by atoms with Gasteiger partial charge in [-0.15, -0.1) is 0 Å². The molecular weight excluding hydrogens is 190 g/mol. The molecule has 0 radical (unpaired) electrons. The normalized spacial score (nSPS) is 22.1. The first-order valence-electron chi connectivity index (χ1n) is 5.79. The Balaban J connectivity index is 2.27. The van der Waals surface area contributed by atoms with Crippen molar-refractivity contribution in [3.05, 3.63) is 0 Å². The average molecular weight is 213 g/mol. The van der Waals surface area contributed by atoms with Crippen LogP contribution in [0, 0.1) is 5.41 Å². The second-order valence-electron chi connectivity index (χ2n) is 4.95. The van der Waals surface area contributed by atoms with E-state index < -0.39 is 0 Å². The van der Waals surface area contributed by atoms with Crippen LogP contribution in [0.1, 0.15) is 46.0 Å². The van der Waals surface area contributed by atoms with Crippen molar-refractivity contribution in [2.75, 3.05) is 6.54 Å². The fraction of sp³-hybridized carbons (Fsp3) is 0.909. The van der Waals surface area contributed by atoms with Gasteiger partial charge >= 0.3 is 0 Å². The lowest BCUT2D eigenvalue weighted by Gasteiger charge is -2.39. The molecule has 0 bridgehead atoms. The Morgan fingerprint density at radius 2 is 2.27 bits per heavy atom. The first-order valence-corrected chi connectivity index (χ1v) is 5.79. The molecular formula is C11H23N3O. The van der Waals surface area contributed by atoms with E-state index in [0.717, 1.165) is 13.0 Å². The molecule has 0 aromatic carbocycles. The van der Waals surface area contributed by atoms with Crippen molar-refractivity contribution in [2.45, 2.75) is 52.0 Å².